The van der Waals surface area contributed by atoms with Gasteiger partial charge >= 0.3 is 35.9 Å². The molecule has 0 saturated heterocycles. The molecule has 0 aliphatic heterocycles. The van der Waals surface area contributed by atoms with Gasteiger partial charge in [0.1, 0.15) is 5.75 Å². The summed E-state index contributed by atoms with van der Waals surface area (Å²) in [6, 6.07) is 8.70. The minimum atomic E-state index is -3.44. The number of rotatable bonds is 13. The molecule has 25 heavy (non-hydrogen) atoms. The fourth-order valence-electron chi connectivity index (χ4n) is 2.43. The average molecular weight is 406 g/mol. The molecule has 0 heterocycles. The maximum atomic E-state index is 11.8. The second kappa shape index (κ2) is 16.7. The van der Waals surface area contributed by atoms with Gasteiger partial charge in [0.05, 0.1) is 5.75 Å². The monoisotopic (exact) mass is 406 g/mol. The Morgan fingerprint density at radius 2 is 1.24 bits per heavy atom. The number of unbranched alkanes of at least 4 members (excludes halogenated alkanes) is 9. The van der Waals surface area contributed by atoms with Crippen molar-refractivity contribution in [2.45, 2.75) is 71.1 Å². The molecule has 0 amide bonds. The molecule has 0 aliphatic rings. The molecule has 0 unspecified atom stereocenters. The summed E-state index contributed by atoms with van der Waals surface area (Å²) in [6.45, 7) is 2.23. The fraction of sp³-hybridized carbons (Fsp3) is 0.667. The van der Waals surface area contributed by atoms with Gasteiger partial charge in [-0.15, -0.1) is 0 Å². The van der Waals surface area contributed by atoms with E-state index in [0.717, 1.165) is 12.8 Å². The minimum absolute atomic E-state index is 0.110. The van der Waals surface area contributed by atoms with Crippen LogP contribution in [-0.2, 0) is 35.9 Å². The van der Waals surface area contributed by atoms with Crippen molar-refractivity contribution in [3.8, 4) is 5.75 Å². The molecule has 0 spiro atoms. The molecule has 0 radical (unpaired) electrons. The Morgan fingerprint density at radius 1 is 0.800 bits per heavy atom. The molecule has 1 rings (SSSR count). The molecule has 0 bridgehead atoms. The molecule has 142 valence electrons. The molecule has 7 heteroatoms. The van der Waals surface area contributed by atoms with Crippen LogP contribution < -0.4 is 4.18 Å². The molecule has 0 fully saturated rings. The molecule has 0 saturated carbocycles. The van der Waals surface area contributed by atoms with Crippen molar-refractivity contribution in [1.82, 2.24) is 0 Å². The van der Waals surface area contributed by atoms with Gasteiger partial charge in [0, 0.05) is 0 Å². The van der Waals surface area contributed by atoms with Crippen molar-refractivity contribution in [1.29, 1.82) is 0 Å². The van der Waals surface area contributed by atoms with Crippen LogP contribution in [0.3, 0.4) is 0 Å². The molecule has 1 aromatic carbocycles. The zero-order valence-electron chi connectivity index (χ0n) is 15.1. The van der Waals surface area contributed by atoms with E-state index in [1.54, 1.807) is 24.3 Å². The molecule has 0 atom stereocenters. The van der Waals surface area contributed by atoms with E-state index >= 15 is 0 Å². The predicted molar refractivity (Wildman–Crippen MR) is 94.1 cm³/mol. The zero-order chi connectivity index (χ0) is 18.8. The van der Waals surface area contributed by atoms with Crippen LogP contribution in [0.5, 0.6) is 5.75 Å². The van der Waals surface area contributed by atoms with Crippen LogP contribution in [0.1, 0.15) is 71.1 Å². The van der Waals surface area contributed by atoms with Crippen LogP contribution in [0.25, 0.3) is 0 Å². The summed E-state index contributed by atoms with van der Waals surface area (Å²) in [6.07, 6.45) is 11.9. The van der Waals surface area contributed by atoms with Crippen molar-refractivity contribution >= 4 is 10.1 Å². The third kappa shape index (κ3) is 16.5. The quantitative estimate of drug-likeness (QED) is 0.259. The number of hydrogen-bond donors (Lipinski definition) is 0. The summed E-state index contributed by atoms with van der Waals surface area (Å²) in [5, 5.41) is 0. The van der Waals surface area contributed by atoms with Gasteiger partial charge in [-0.05, 0) is 18.6 Å². The van der Waals surface area contributed by atoms with E-state index in [-0.39, 0.29) is 5.75 Å². The Morgan fingerprint density at radius 3 is 1.72 bits per heavy atom. The predicted octanol–water partition coefficient (Wildman–Crippen LogP) is 5.08. The summed E-state index contributed by atoms with van der Waals surface area (Å²) in [5.74, 6) is 0.507. The van der Waals surface area contributed by atoms with Gasteiger partial charge in [-0.3, -0.25) is 0 Å². The first-order valence-electron chi connectivity index (χ1n) is 9.02. The first kappa shape index (κ1) is 24.3. The molecule has 5 nitrogen and oxygen atoms in total. The zero-order valence-corrected chi connectivity index (χ0v) is 17.5. The van der Waals surface area contributed by atoms with Crippen LogP contribution in [-0.4, -0.2) is 14.2 Å². The molecule has 1 aromatic rings. The van der Waals surface area contributed by atoms with Gasteiger partial charge in [-0.25, -0.2) is 0 Å². The van der Waals surface area contributed by atoms with E-state index in [1.165, 1.54) is 44.9 Å². The van der Waals surface area contributed by atoms with E-state index in [0.29, 0.717) is 12.2 Å². The van der Waals surface area contributed by atoms with E-state index < -0.39 is 29.2 Å². The van der Waals surface area contributed by atoms with E-state index in [4.69, 9.17) is 10.8 Å². The topological polar surface area (TPSA) is 77.5 Å². The van der Waals surface area contributed by atoms with Crippen LogP contribution >= 0.6 is 0 Å². The second-order valence-electron chi connectivity index (χ2n) is 5.92. The Balaban J connectivity index is 0.00000178. The number of para-hydroxylation sites is 1. The number of benzene rings is 1. The third-order valence-corrected chi connectivity index (χ3v) is 4.95. The number of hydrogen-bond acceptors (Lipinski definition) is 5. The normalized spacial score (nSPS) is 10.4. The van der Waals surface area contributed by atoms with Crippen molar-refractivity contribution in [3.63, 3.8) is 0 Å². The summed E-state index contributed by atoms with van der Waals surface area (Å²) < 4.78 is 45.7. The third-order valence-electron chi connectivity index (χ3n) is 3.71. The van der Waals surface area contributed by atoms with Gasteiger partial charge < -0.3 is 4.18 Å². The fourth-order valence-corrected chi connectivity index (χ4v) is 3.48. The van der Waals surface area contributed by atoms with Crippen molar-refractivity contribution in [2.75, 3.05) is 5.75 Å². The van der Waals surface area contributed by atoms with Crippen LogP contribution in [0.2, 0.25) is 0 Å². The molecule has 0 aromatic heterocycles. The van der Waals surface area contributed by atoms with E-state index in [9.17, 15) is 8.42 Å². The Hall–Kier alpha value is -0.716. The van der Waals surface area contributed by atoms with Gasteiger partial charge in [0.15, 0.2) is 0 Å². The average Bonchev–Trinajstić information content (AvgIpc) is 2.58. The summed E-state index contributed by atoms with van der Waals surface area (Å²) >= 11 is -2.00. The van der Waals surface area contributed by atoms with Crippen LogP contribution in [0.4, 0.5) is 0 Å². The van der Waals surface area contributed by atoms with Crippen molar-refractivity contribution in [3.05, 3.63) is 30.3 Å². The Kier molecular flexibility index (Phi) is 16.3. The molecular weight excluding hydrogens is 376 g/mol. The summed E-state index contributed by atoms with van der Waals surface area (Å²) in [4.78, 5) is 0. The second-order valence-corrected chi connectivity index (χ2v) is 7.87. The first-order valence-corrected chi connectivity index (χ1v) is 11.9. The van der Waals surface area contributed by atoms with Crippen molar-refractivity contribution < 1.29 is 38.3 Å². The van der Waals surface area contributed by atoms with Crippen molar-refractivity contribution in [2.24, 2.45) is 0 Å². The van der Waals surface area contributed by atoms with Crippen LogP contribution in [0.15, 0.2) is 30.3 Å². The van der Waals surface area contributed by atoms with Gasteiger partial charge in [-0.2, -0.15) is 8.42 Å². The maximum absolute atomic E-state index is 11.8. The van der Waals surface area contributed by atoms with E-state index in [1.807, 2.05) is 6.07 Å². The molecule has 0 aliphatic carbocycles. The standard InChI is InChI=1S/C18H30O3S.2O.Ti/c1-2-3-4-5-6-7-8-9-10-14-17-22(19,20)21-18-15-12-11-13-16-18;;;/h11-13,15-16H,2-10,14,17H2,1H3;;;. The van der Waals surface area contributed by atoms with E-state index in [2.05, 4.69) is 6.92 Å². The Bertz CT molecular complexity index is 554. The molecular formula is C18H30O5STi. The summed E-state index contributed by atoms with van der Waals surface area (Å²) in [7, 11) is -3.44. The van der Waals surface area contributed by atoms with Gasteiger partial charge in [-0.1, -0.05) is 82.9 Å². The van der Waals surface area contributed by atoms with Gasteiger partial charge in [0.2, 0.25) is 0 Å². The Labute approximate surface area is 161 Å². The first-order chi connectivity index (χ1) is 12.1. The molecule has 0 N–H and O–H groups in total. The van der Waals surface area contributed by atoms with Crippen LogP contribution in [0, 0.1) is 0 Å². The summed E-state index contributed by atoms with van der Waals surface area (Å²) in [5.41, 5.74) is 0. The van der Waals surface area contributed by atoms with Gasteiger partial charge in [0.25, 0.3) is 0 Å². The SMILES string of the molecule is CCCCCCCCCCCCS(=O)(=O)Oc1ccccc1.[O]=[Ti]=[O].